The molecule has 0 saturated heterocycles. The second-order valence-corrected chi connectivity index (χ2v) is 5.06. The summed E-state index contributed by atoms with van der Waals surface area (Å²) in [6, 6.07) is 11.1. The normalized spacial score (nSPS) is 25.6. The van der Waals surface area contributed by atoms with Gasteiger partial charge in [0.15, 0.2) is 12.4 Å². The highest BCUT2D eigenvalue weighted by atomic mass is 16.5. The van der Waals surface area contributed by atoms with Crippen molar-refractivity contribution in [2.24, 2.45) is 0 Å². The lowest BCUT2D eigenvalue weighted by molar-refractivity contribution is -0.758. The highest BCUT2D eigenvalue weighted by Crippen LogP contribution is 2.30. The molecule has 0 saturated carbocycles. The second-order valence-electron chi connectivity index (χ2n) is 5.06. The van der Waals surface area contributed by atoms with Gasteiger partial charge in [0.05, 0.1) is 0 Å². The SMILES string of the molecule is [2H]OC1(O[2H])C(C)[n+]2ccccc2-c2cccc[n+]2C1C. The maximum absolute atomic E-state index is 7.51. The molecule has 2 unspecified atom stereocenters. The first-order valence-electron chi connectivity index (χ1n) is 7.26. The Morgan fingerprint density at radius 1 is 0.947 bits per heavy atom. The van der Waals surface area contributed by atoms with Crippen molar-refractivity contribution < 1.29 is 19.4 Å². The minimum absolute atomic E-state index is 0.335. The smallest absolute Gasteiger partial charge is 0.290 e. The van der Waals surface area contributed by atoms with Gasteiger partial charge in [0, 0.05) is 38.1 Å². The molecule has 98 valence electrons. The summed E-state index contributed by atoms with van der Waals surface area (Å²) in [5.74, 6) is -1.39. The van der Waals surface area contributed by atoms with E-state index in [0.717, 1.165) is 11.4 Å². The van der Waals surface area contributed by atoms with Gasteiger partial charge in [-0.2, -0.15) is 9.13 Å². The van der Waals surface area contributed by atoms with Crippen LogP contribution in [0.4, 0.5) is 0 Å². The maximum Gasteiger partial charge on any atom is 0.290 e. The molecule has 1 aliphatic rings. The minimum Gasteiger partial charge on any atom is -0.355 e. The van der Waals surface area contributed by atoms with Crippen LogP contribution in [0.2, 0.25) is 0 Å². The van der Waals surface area contributed by atoms with Crippen LogP contribution < -0.4 is 9.13 Å². The molecular formula is C15H18N2O2+2. The van der Waals surface area contributed by atoms with Gasteiger partial charge in [-0.3, -0.25) is 0 Å². The molecule has 0 fully saturated rings. The number of fused-ring (bicyclic) bond motifs is 3. The van der Waals surface area contributed by atoms with E-state index in [9.17, 15) is 0 Å². The summed E-state index contributed by atoms with van der Waals surface area (Å²) in [5, 5.41) is 9.89. The molecular weight excluding hydrogens is 240 g/mol. The van der Waals surface area contributed by atoms with Crippen molar-refractivity contribution in [3.63, 3.8) is 0 Å². The summed E-state index contributed by atoms with van der Waals surface area (Å²) in [4.78, 5) is 0. The van der Waals surface area contributed by atoms with Crippen LogP contribution in [0.15, 0.2) is 48.8 Å². The third-order valence-electron chi connectivity index (χ3n) is 4.04. The lowest BCUT2D eigenvalue weighted by Gasteiger charge is -2.24. The zero-order valence-corrected chi connectivity index (χ0v) is 11.0. The first-order chi connectivity index (χ1) is 10.2. The van der Waals surface area contributed by atoms with Gasteiger partial charge in [0.1, 0.15) is 0 Å². The van der Waals surface area contributed by atoms with Gasteiger partial charge < -0.3 is 10.2 Å². The van der Waals surface area contributed by atoms with Gasteiger partial charge in [-0.05, 0) is 12.1 Å². The van der Waals surface area contributed by atoms with E-state index >= 15 is 0 Å². The number of hydrogen-bond donors (Lipinski definition) is 2. The Labute approximate surface area is 115 Å². The van der Waals surface area contributed by atoms with E-state index < -0.39 is 5.79 Å². The van der Waals surface area contributed by atoms with Crippen LogP contribution in [-0.2, 0) is 0 Å². The van der Waals surface area contributed by atoms with Gasteiger partial charge in [-0.25, -0.2) is 0 Å². The molecule has 1 aliphatic heterocycles. The van der Waals surface area contributed by atoms with Gasteiger partial charge in [-0.1, -0.05) is 0 Å². The first-order valence-corrected chi connectivity index (χ1v) is 6.45. The average molecular weight is 260 g/mol. The van der Waals surface area contributed by atoms with Crippen LogP contribution in [-0.4, -0.2) is 18.9 Å². The third-order valence-corrected chi connectivity index (χ3v) is 4.04. The fraction of sp³-hybridized carbons (Fsp3) is 0.333. The third kappa shape index (κ3) is 1.68. The molecule has 0 aliphatic carbocycles. The predicted octanol–water partition coefficient (Wildman–Crippen LogP) is 0.745. The molecule has 0 aromatic carbocycles. The molecule has 4 nitrogen and oxygen atoms in total. The zero-order valence-electron chi connectivity index (χ0n) is 13.0. The van der Waals surface area contributed by atoms with E-state index in [-0.39, 0.29) is 12.1 Å². The van der Waals surface area contributed by atoms with Crippen molar-refractivity contribution in [1.82, 2.24) is 0 Å². The van der Waals surface area contributed by atoms with Crippen molar-refractivity contribution in [2.75, 3.05) is 0 Å². The number of pyridine rings is 2. The molecule has 4 heteroatoms. The summed E-state index contributed by atoms with van der Waals surface area (Å²) >= 11 is 0. The van der Waals surface area contributed by atoms with Gasteiger partial charge >= 0.3 is 0 Å². The van der Waals surface area contributed by atoms with E-state index in [0.29, 0.717) is 0 Å². The van der Waals surface area contributed by atoms with Crippen molar-refractivity contribution >= 4 is 0 Å². The molecule has 0 bridgehead atoms. The minimum atomic E-state index is -1.39. The summed E-state index contributed by atoms with van der Waals surface area (Å²) in [6.45, 7) is 3.80. The molecule has 19 heavy (non-hydrogen) atoms. The lowest BCUT2D eigenvalue weighted by Crippen LogP contribution is -2.58. The Morgan fingerprint density at radius 2 is 1.42 bits per heavy atom. The molecule has 3 rings (SSSR count). The van der Waals surface area contributed by atoms with Crippen molar-refractivity contribution in [3.05, 3.63) is 48.8 Å². The molecule has 2 aromatic rings. The summed E-state index contributed by atoms with van der Waals surface area (Å²) in [6.07, 6.45) is 3.84. The number of hydrogen-bond acceptors (Lipinski definition) is 2. The molecule has 3 heterocycles. The topological polar surface area (TPSA) is 48.2 Å². The first kappa shape index (κ1) is 10.1. The van der Waals surface area contributed by atoms with Crippen LogP contribution in [0.5, 0.6) is 0 Å². The predicted molar refractivity (Wildman–Crippen MR) is 68.9 cm³/mol. The summed E-state index contributed by atoms with van der Waals surface area (Å²) < 4.78 is 19.0. The summed E-state index contributed by atoms with van der Waals surface area (Å²) in [7, 11) is 0. The number of aliphatic hydroxyl groups is 2. The number of rotatable bonds is 2. The Bertz CT molecular complexity index is 608. The Morgan fingerprint density at radius 3 is 1.84 bits per heavy atom. The number of aromatic nitrogens is 2. The largest absolute Gasteiger partial charge is 0.355 e. The van der Waals surface area contributed by atoms with Crippen molar-refractivity contribution in [3.8, 4) is 11.4 Å². The fourth-order valence-electron chi connectivity index (χ4n) is 2.76. The number of nitrogens with zero attached hydrogens (tertiary/aromatic N) is 2. The van der Waals surface area contributed by atoms with Crippen LogP contribution in [0.1, 0.15) is 25.9 Å². The monoisotopic (exact) mass is 260 g/mol. The average Bonchev–Trinajstić information content (AvgIpc) is 2.62. The quantitative estimate of drug-likeness (QED) is 0.618. The molecule has 0 radical (unpaired) electrons. The molecule has 0 amide bonds. The van der Waals surface area contributed by atoms with Gasteiger partial charge in [-0.15, -0.1) is 0 Å². The van der Waals surface area contributed by atoms with E-state index in [1.54, 1.807) is 0 Å². The fourth-order valence-corrected chi connectivity index (χ4v) is 2.76. The second kappa shape index (κ2) is 4.11. The van der Waals surface area contributed by atoms with Gasteiger partial charge in [0.2, 0.25) is 14.9 Å². The Balaban J connectivity index is 2.36. The standard InChI is InChI=1S/C15H18N2O2/c1-11-15(18,19)12(2)17-10-6-4-8-14(17)13-7-3-5-9-16(11)13/h3-12,18-19H,1-2H3/q+2/i18D,19D. The van der Waals surface area contributed by atoms with Gasteiger partial charge in [0.25, 0.3) is 17.2 Å². The van der Waals surface area contributed by atoms with Crippen LogP contribution >= 0.6 is 0 Å². The highest BCUT2D eigenvalue weighted by Gasteiger charge is 2.53. The van der Waals surface area contributed by atoms with Crippen molar-refractivity contribution in [1.29, 1.82) is 2.86 Å². The van der Waals surface area contributed by atoms with E-state index in [1.807, 2.05) is 71.8 Å². The Hall–Kier alpha value is -1.78. The molecule has 2 aromatic heterocycles. The molecule has 2 N–H and O–H groups in total. The highest BCUT2D eigenvalue weighted by molar-refractivity contribution is 5.46. The summed E-state index contributed by atoms with van der Waals surface area (Å²) in [5.41, 5.74) is 1.99. The zero-order chi connectivity index (χ0) is 15.0. The van der Waals surface area contributed by atoms with Crippen LogP contribution in [0.3, 0.4) is 0 Å². The molecule has 2 atom stereocenters. The molecule has 0 spiro atoms. The van der Waals surface area contributed by atoms with E-state index in [4.69, 9.17) is 13.1 Å². The van der Waals surface area contributed by atoms with E-state index in [1.165, 1.54) is 0 Å². The maximum atomic E-state index is 7.51. The van der Waals surface area contributed by atoms with Crippen LogP contribution in [0, 0.1) is 0 Å². The Kier molecular flexibility index (Phi) is 2.18. The van der Waals surface area contributed by atoms with E-state index in [2.05, 4.69) is 0 Å². The van der Waals surface area contributed by atoms with Crippen molar-refractivity contribution in [2.45, 2.75) is 31.7 Å². The lowest BCUT2D eigenvalue weighted by atomic mass is 10.0. The van der Waals surface area contributed by atoms with Crippen LogP contribution in [0.25, 0.3) is 11.4 Å².